The van der Waals surface area contributed by atoms with E-state index in [2.05, 4.69) is 4.72 Å². The van der Waals surface area contributed by atoms with Gasteiger partial charge in [0.25, 0.3) is 0 Å². The monoisotopic (exact) mass is 405 g/mol. The molecule has 2 aromatic rings. The minimum atomic E-state index is -3.75. The molecule has 0 fully saturated rings. The van der Waals surface area contributed by atoms with Crippen molar-refractivity contribution in [2.24, 2.45) is 0 Å². The first kappa shape index (κ1) is 20.5. The highest BCUT2D eigenvalue weighted by Gasteiger charge is 2.36. The third-order valence-corrected chi connectivity index (χ3v) is 6.79. The molecule has 1 aliphatic rings. The van der Waals surface area contributed by atoms with Gasteiger partial charge in [-0.05, 0) is 69.2 Å². The minimum Gasteiger partial charge on any atom is -0.497 e. The first-order valence-electron chi connectivity index (χ1n) is 9.11. The number of methoxy groups -OCH3 is 2. The molecule has 0 saturated heterocycles. The van der Waals surface area contributed by atoms with E-state index in [1.54, 1.807) is 33.3 Å². The molecule has 1 aliphatic heterocycles. The Morgan fingerprint density at radius 3 is 2.43 bits per heavy atom. The van der Waals surface area contributed by atoms with E-state index in [4.69, 9.17) is 14.2 Å². The summed E-state index contributed by atoms with van der Waals surface area (Å²) in [5.41, 5.74) is 1.74. The lowest BCUT2D eigenvalue weighted by atomic mass is 9.90. The maximum absolute atomic E-state index is 13.2. The zero-order valence-corrected chi connectivity index (χ0v) is 17.9. The summed E-state index contributed by atoms with van der Waals surface area (Å²) in [7, 11) is -0.599. The van der Waals surface area contributed by atoms with Gasteiger partial charge in [-0.15, -0.1) is 0 Å². The molecule has 0 bridgehead atoms. The van der Waals surface area contributed by atoms with Crippen LogP contribution in [0.3, 0.4) is 0 Å². The van der Waals surface area contributed by atoms with Crippen LogP contribution in [0.4, 0.5) is 0 Å². The highest BCUT2D eigenvalue weighted by Crippen LogP contribution is 2.42. The Labute approximate surface area is 166 Å². The molecule has 0 amide bonds. The Balaban J connectivity index is 2.02. The predicted molar refractivity (Wildman–Crippen MR) is 108 cm³/mol. The molecular weight excluding hydrogens is 378 g/mol. The van der Waals surface area contributed by atoms with Crippen molar-refractivity contribution in [3.05, 3.63) is 47.0 Å². The van der Waals surface area contributed by atoms with E-state index in [1.807, 2.05) is 39.0 Å². The molecule has 0 radical (unpaired) electrons. The van der Waals surface area contributed by atoms with Crippen LogP contribution in [-0.2, 0) is 10.0 Å². The maximum atomic E-state index is 13.2. The van der Waals surface area contributed by atoms with Crippen molar-refractivity contribution >= 4 is 10.0 Å². The van der Waals surface area contributed by atoms with E-state index < -0.39 is 21.7 Å². The summed E-state index contributed by atoms with van der Waals surface area (Å²) in [5.74, 6) is 1.98. The molecule has 2 aromatic carbocycles. The lowest BCUT2D eigenvalue weighted by molar-refractivity contribution is 0.0700. The smallest absolute Gasteiger partial charge is 0.241 e. The summed E-state index contributed by atoms with van der Waals surface area (Å²) < 4.78 is 46.0. The van der Waals surface area contributed by atoms with Crippen molar-refractivity contribution in [3.63, 3.8) is 0 Å². The topological polar surface area (TPSA) is 73.9 Å². The molecular formula is C21H27NO5S. The van der Waals surface area contributed by atoms with Gasteiger partial charge in [0.05, 0.1) is 25.2 Å². The Hall–Kier alpha value is -2.25. The number of sulfonamides is 1. The molecule has 0 saturated carbocycles. The summed E-state index contributed by atoms with van der Waals surface area (Å²) in [6.45, 7) is 7.54. The molecule has 0 spiro atoms. The van der Waals surface area contributed by atoms with E-state index in [9.17, 15) is 8.42 Å². The largest absolute Gasteiger partial charge is 0.497 e. The summed E-state index contributed by atoms with van der Waals surface area (Å²) in [4.78, 5) is 0.250. The van der Waals surface area contributed by atoms with Crippen molar-refractivity contribution in [2.75, 3.05) is 14.2 Å². The third-order valence-electron chi connectivity index (χ3n) is 5.17. The van der Waals surface area contributed by atoms with Crippen LogP contribution in [0.2, 0.25) is 0 Å². The third kappa shape index (κ3) is 3.82. The quantitative estimate of drug-likeness (QED) is 0.817. The predicted octanol–water partition coefficient (Wildman–Crippen LogP) is 3.90. The minimum absolute atomic E-state index is 0.250. The van der Waals surface area contributed by atoms with Crippen LogP contribution in [0, 0.1) is 13.8 Å². The number of benzene rings is 2. The Bertz CT molecular complexity index is 998. The van der Waals surface area contributed by atoms with Crippen LogP contribution in [0.1, 0.15) is 43.0 Å². The Morgan fingerprint density at radius 1 is 1.07 bits per heavy atom. The van der Waals surface area contributed by atoms with Crippen molar-refractivity contribution in [1.29, 1.82) is 0 Å². The van der Waals surface area contributed by atoms with Crippen molar-refractivity contribution < 1.29 is 22.6 Å². The van der Waals surface area contributed by atoms with Crippen LogP contribution in [0.15, 0.2) is 35.2 Å². The first-order chi connectivity index (χ1) is 13.1. The van der Waals surface area contributed by atoms with Gasteiger partial charge in [0.1, 0.15) is 22.8 Å². The van der Waals surface area contributed by atoms with Gasteiger partial charge < -0.3 is 14.2 Å². The summed E-state index contributed by atoms with van der Waals surface area (Å²) in [5, 5.41) is 0. The standard InChI is InChI=1S/C21H27NO5S/c1-13-14(2)20(10-9-18(13)26-6)28(23,24)22-17-12-21(3,4)27-19-8-7-15(25-5)11-16(17)19/h7-11,17,22H,12H2,1-6H3. The number of ether oxygens (including phenoxy) is 3. The number of rotatable bonds is 5. The molecule has 1 N–H and O–H groups in total. The van der Waals surface area contributed by atoms with Crippen LogP contribution in [0.25, 0.3) is 0 Å². The highest BCUT2D eigenvalue weighted by molar-refractivity contribution is 7.89. The molecule has 0 aromatic heterocycles. The molecule has 0 aliphatic carbocycles. The van der Waals surface area contributed by atoms with Gasteiger partial charge in [0, 0.05) is 12.0 Å². The van der Waals surface area contributed by atoms with Gasteiger partial charge in [-0.25, -0.2) is 13.1 Å². The molecule has 1 unspecified atom stereocenters. The maximum Gasteiger partial charge on any atom is 0.241 e. The molecule has 1 atom stereocenters. The molecule has 7 heteroatoms. The van der Waals surface area contributed by atoms with Gasteiger partial charge in [-0.2, -0.15) is 0 Å². The first-order valence-corrected chi connectivity index (χ1v) is 10.6. The summed E-state index contributed by atoms with van der Waals surface area (Å²) in [6, 6.07) is 8.29. The number of hydrogen-bond acceptors (Lipinski definition) is 5. The van der Waals surface area contributed by atoms with Crippen molar-refractivity contribution in [3.8, 4) is 17.2 Å². The van der Waals surface area contributed by atoms with Crippen molar-refractivity contribution in [2.45, 2.75) is 50.7 Å². The molecule has 1 heterocycles. The molecule has 152 valence electrons. The fourth-order valence-electron chi connectivity index (χ4n) is 3.60. The normalized spacial score (nSPS) is 18.1. The van der Waals surface area contributed by atoms with Gasteiger partial charge in [0.15, 0.2) is 0 Å². The van der Waals surface area contributed by atoms with Gasteiger partial charge >= 0.3 is 0 Å². The van der Waals surface area contributed by atoms with Gasteiger partial charge in [-0.1, -0.05) is 0 Å². The fourth-order valence-corrected chi connectivity index (χ4v) is 5.11. The summed E-state index contributed by atoms with van der Waals surface area (Å²) in [6.07, 6.45) is 0.501. The zero-order valence-electron chi connectivity index (χ0n) is 17.1. The lowest BCUT2D eigenvalue weighted by Crippen LogP contribution is -2.41. The van der Waals surface area contributed by atoms with Crippen LogP contribution < -0.4 is 18.9 Å². The van der Waals surface area contributed by atoms with E-state index >= 15 is 0 Å². The van der Waals surface area contributed by atoms with Crippen LogP contribution in [0.5, 0.6) is 17.2 Å². The van der Waals surface area contributed by atoms with Crippen LogP contribution >= 0.6 is 0 Å². The Morgan fingerprint density at radius 2 is 1.79 bits per heavy atom. The second-order valence-corrected chi connectivity index (χ2v) is 9.34. The summed E-state index contributed by atoms with van der Waals surface area (Å²) >= 11 is 0. The van der Waals surface area contributed by atoms with Crippen LogP contribution in [-0.4, -0.2) is 28.2 Å². The van der Waals surface area contributed by atoms with Gasteiger partial charge in [-0.3, -0.25) is 0 Å². The molecule has 28 heavy (non-hydrogen) atoms. The van der Waals surface area contributed by atoms with E-state index in [-0.39, 0.29) is 4.90 Å². The molecule has 3 rings (SSSR count). The lowest BCUT2D eigenvalue weighted by Gasteiger charge is -2.38. The number of nitrogens with one attached hydrogen (secondary N) is 1. The average Bonchev–Trinajstić information content (AvgIpc) is 2.62. The highest BCUT2D eigenvalue weighted by atomic mass is 32.2. The van der Waals surface area contributed by atoms with E-state index in [0.717, 1.165) is 11.1 Å². The van der Waals surface area contributed by atoms with Gasteiger partial charge in [0.2, 0.25) is 10.0 Å². The number of hydrogen-bond donors (Lipinski definition) is 1. The Kier molecular flexibility index (Phi) is 5.34. The zero-order chi connectivity index (χ0) is 20.7. The van der Waals surface area contributed by atoms with E-state index in [1.165, 1.54) is 0 Å². The van der Waals surface area contributed by atoms with Crippen molar-refractivity contribution in [1.82, 2.24) is 4.72 Å². The second-order valence-electron chi connectivity index (χ2n) is 7.66. The van der Waals surface area contributed by atoms with E-state index in [0.29, 0.717) is 29.2 Å². The SMILES string of the molecule is COc1ccc2c(c1)C(NS(=O)(=O)c1ccc(OC)c(C)c1C)CC(C)(C)O2. The second kappa shape index (κ2) is 7.29. The molecule has 6 nitrogen and oxygen atoms in total. The number of fused-ring (bicyclic) bond motifs is 1. The average molecular weight is 406 g/mol. The fraction of sp³-hybridized carbons (Fsp3) is 0.429.